The quantitative estimate of drug-likeness (QED) is 0.558. The molecule has 0 bridgehead atoms. The van der Waals surface area contributed by atoms with Crippen LogP contribution in [0.5, 0.6) is 5.75 Å². The summed E-state index contributed by atoms with van der Waals surface area (Å²) in [4.78, 5) is 22.1. The summed E-state index contributed by atoms with van der Waals surface area (Å²) in [5, 5.41) is 20.2. The number of carboxylic acid groups (broad SMARTS) is 1. The molecule has 1 aromatic rings. The van der Waals surface area contributed by atoms with Gasteiger partial charge in [-0.2, -0.15) is 4.39 Å². The number of phenolic OH excluding ortho intramolecular Hbond substituents is 1. The van der Waals surface area contributed by atoms with Crippen LogP contribution < -0.4 is 5.32 Å². The minimum Gasteiger partial charge on any atom is -0.504 e. The van der Waals surface area contributed by atoms with Gasteiger partial charge in [0.1, 0.15) is 6.04 Å². The summed E-state index contributed by atoms with van der Waals surface area (Å²) < 4.78 is 26.8. The number of aliphatic carboxylic acids is 1. The fourth-order valence-corrected chi connectivity index (χ4v) is 1.88. The predicted molar refractivity (Wildman–Crippen MR) is 69.2 cm³/mol. The van der Waals surface area contributed by atoms with Crippen LogP contribution in [0, 0.1) is 11.6 Å². The Hall–Kier alpha value is -1.96. The molecule has 0 aromatic heterocycles. The Kier molecular flexibility index (Phi) is 5.20. The third kappa shape index (κ3) is 3.53. The summed E-state index contributed by atoms with van der Waals surface area (Å²) in [7, 11) is 0. The maximum absolute atomic E-state index is 13.6. The first-order valence-corrected chi connectivity index (χ1v) is 6.08. The minimum atomic E-state index is -1.49. The number of amides is 1. The molecule has 0 spiro atoms. The van der Waals surface area contributed by atoms with Gasteiger partial charge in [-0.15, -0.1) is 0 Å². The van der Waals surface area contributed by atoms with E-state index in [-0.39, 0.29) is 10.0 Å². The zero-order chi connectivity index (χ0) is 15.4. The summed E-state index contributed by atoms with van der Waals surface area (Å²) in [5.41, 5.74) is -0.302. The molecule has 5 nitrogen and oxygen atoms in total. The van der Waals surface area contributed by atoms with Crippen LogP contribution in [0.4, 0.5) is 8.78 Å². The number of phenols is 1. The molecule has 1 atom stereocenters. The van der Waals surface area contributed by atoms with Gasteiger partial charge in [-0.05, 0) is 33.6 Å². The second-order valence-electron chi connectivity index (χ2n) is 3.80. The van der Waals surface area contributed by atoms with Crippen molar-refractivity contribution in [3.63, 3.8) is 0 Å². The Morgan fingerprint density at radius 3 is 2.55 bits per heavy atom. The molecule has 0 aliphatic rings. The molecule has 1 unspecified atom stereocenters. The fourth-order valence-electron chi connectivity index (χ4n) is 1.43. The lowest BCUT2D eigenvalue weighted by Crippen LogP contribution is -2.41. The van der Waals surface area contributed by atoms with Gasteiger partial charge in [0.05, 0.1) is 4.47 Å². The highest BCUT2D eigenvalue weighted by molar-refractivity contribution is 9.10. The number of nitrogens with one attached hydrogen (secondary N) is 1. The first-order valence-electron chi connectivity index (χ1n) is 5.29. The molecule has 0 radical (unpaired) electrons. The molecular weight excluding hydrogens is 340 g/mol. The number of rotatable bonds is 5. The van der Waals surface area contributed by atoms with Crippen molar-refractivity contribution in [2.24, 2.45) is 0 Å². The van der Waals surface area contributed by atoms with Crippen LogP contribution in [-0.4, -0.2) is 28.1 Å². The molecule has 108 valence electrons. The molecular formula is C12H10BrF2NO4. The lowest BCUT2D eigenvalue weighted by molar-refractivity contribution is -0.141. The number of carboxylic acids is 1. The highest BCUT2D eigenvalue weighted by Crippen LogP contribution is 2.31. The SMILES string of the molecule is C=CC(=O)NC(Cc1cc(Br)c(O)c(F)c1F)C(=O)O. The number of hydrogen-bond donors (Lipinski definition) is 3. The maximum atomic E-state index is 13.6. The molecule has 1 aromatic carbocycles. The molecule has 0 aliphatic heterocycles. The molecule has 1 amide bonds. The number of benzene rings is 1. The van der Waals surface area contributed by atoms with Crippen molar-refractivity contribution in [1.29, 1.82) is 0 Å². The molecule has 0 saturated carbocycles. The van der Waals surface area contributed by atoms with E-state index in [4.69, 9.17) is 5.11 Å². The Labute approximate surface area is 121 Å². The van der Waals surface area contributed by atoms with E-state index in [0.717, 1.165) is 12.1 Å². The van der Waals surface area contributed by atoms with Gasteiger partial charge < -0.3 is 15.5 Å². The van der Waals surface area contributed by atoms with Crippen molar-refractivity contribution >= 4 is 27.8 Å². The zero-order valence-corrected chi connectivity index (χ0v) is 11.6. The van der Waals surface area contributed by atoms with Gasteiger partial charge in [0.2, 0.25) is 11.7 Å². The first-order chi connectivity index (χ1) is 9.27. The van der Waals surface area contributed by atoms with E-state index in [0.29, 0.717) is 0 Å². The Morgan fingerprint density at radius 2 is 2.05 bits per heavy atom. The monoisotopic (exact) mass is 349 g/mol. The first kappa shape index (κ1) is 16.1. The highest BCUT2D eigenvalue weighted by atomic mass is 79.9. The average Bonchev–Trinajstić information content (AvgIpc) is 2.40. The van der Waals surface area contributed by atoms with Crippen molar-refractivity contribution in [2.75, 3.05) is 0 Å². The minimum absolute atomic E-state index is 0.120. The molecule has 8 heteroatoms. The number of hydrogen-bond acceptors (Lipinski definition) is 3. The number of carbonyl (C=O) groups excluding carboxylic acids is 1. The van der Waals surface area contributed by atoms with Crippen LogP contribution >= 0.6 is 15.9 Å². The van der Waals surface area contributed by atoms with E-state index < -0.39 is 41.7 Å². The lowest BCUT2D eigenvalue weighted by Gasteiger charge is -2.14. The highest BCUT2D eigenvalue weighted by Gasteiger charge is 2.24. The molecule has 0 saturated heterocycles. The van der Waals surface area contributed by atoms with Gasteiger partial charge in [-0.1, -0.05) is 6.58 Å². The number of aromatic hydroxyl groups is 1. The average molecular weight is 350 g/mol. The summed E-state index contributed by atoms with van der Waals surface area (Å²) in [6, 6.07) is -0.408. The lowest BCUT2D eigenvalue weighted by atomic mass is 10.0. The van der Waals surface area contributed by atoms with E-state index in [2.05, 4.69) is 27.8 Å². The van der Waals surface area contributed by atoms with Crippen molar-refractivity contribution in [1.82, 2.24) is 5.32 Å². The third-order valence-corrected chi connectivity index (χ3v) is 3.04. The fraction of sp³-hybridized carbons (Fsp3) is 0.167. The zero-order valence-electron chi connectivity index (χ0n) is 9.99. The third-order valence-electron chi connectivity index (χ3n) is 2.43. The van der Waals surface area contributed by atoms with Gasteiger partial charge in [0.25, 0.3) is 0 Å². The van der Waals surface area contributed by atoms with Crippen LogP contribution in [0.3, 0.4) is 0 Å². The maximum Gasteiger partial charge on any atom is 0.326 e. The standard InChI is InChI=1S/C12H10BrF2NO4/c1-2-8(17)16-7(12(19)20)4-5-3-6(13)11(18)10(15)9(5)14/h2-3,7,18H,1,4H2,(H,16,17)(H,19,20). The van der Waals surface area contributed by atoms with Crippen LogP contribution in [0.25, 0.3) is 0 Å². The van der Waals surface area contributed by atoms with Crippen molar-refractivity contribution in [3.8, 4) is 5.75 Å². The predicted octanol–water partition coefficient (Wildman–Crippen LogP) is 1.73. The van der Waals surface area contributed by atoms with Gasteiger partial charge in [0, 0.05) is 6.42 Å². The molecule has 3 N–H and O–H groups in total. The second-order valence-corrected chi connectivity index (χ2v) is 4.66. The topological polar surface area (TPSA) is 86.6 Å². The van der Waals surface area contributed by atoms with E-state index in [1.165, 1.54) is 0 Å². The molecule has 0 aliphatic carbocycles. The van der Waals surface area contributed by atoms with E-state index in [1.54, 1.807) is 0 Å². The van der Waals surface area contributed by atoms with Crippen LogP contribution in [-0.2, 0) is 16.0 Å². The summed E-state index contributed by atoms with van der Waals surface area (Å²) >= 11 is 2.81. The van der Waals surface area contributed by atoms with E-state index in [9.17, 15) is 23.5 Å². The van der Waals surface area contributed by atoms with Gasteiger partial charge in [-0.3, -0.25) is 4.79 Å². The van der Waals surface area contributed by atoms with Crippen molar-refractivity contribution < 1.29 is 28.6 Å². The molecule has 0 heterocycles. The Bertz CT molecular complexity index is 577. The molecule has 0 fully saturated rings. The van der Waals surface area contributed by atoms with Crippen molar-refractivity contribution in [2.45, 2.75) is 12.5 Å². The van der Waals surface area contributed by atoms with Crippen LogP contribution in [0.15, 0.2) is 23.2 Å². The van der Waals surface area contributed by atoms with Crippen molar-refractivity contribution in [3.05, 3.63) is 40.4 Å². The Balaban J connectivity index is 3.09. The molecule has 1 rings (SSSR count). The van der Waals surface area contributed by atoms with Gasteiger partial charge in [0.15, 0.2) is 11.6 Å². The Morgan fingerprint density at radius 1 is 1.45 bits per heavy atom. The summed E-state index contributed by atoms with van der Waals surface area (Å²) in [5.74, 6) is -5.94. The van der Waals surface area contributed by atoms with Gasteiger partial charge >= 0.3 is 5.97 Å². The van der Waals surface area contributed by atoms with Crippen LogP contribution in [0.1, 0.15) is 5.56 Å². The van der Waals surface area contributed by atoms with E-state index in [1.807, 2.05) is 0 Å². The molecule has 20 heavy (non-hydrogen) atoms. The summed E-state index contributed by atoms with van der Waals surface area (Å²) in [6.45, 7) is 3.16. The van der Waals surface area contributed by atoms with E-state index >= 15 is 0 Å². The second kappa shape index (κ2) is 6.47. The number of halogens is 3. The summed E-state index contributed by atoms with van der Waals surface area (Å²) in [6.07, 6.45) is 0.371. The largest absolute Gasteiger partial charge is 0.504 e. The number of carbonyl (C=O) groups is 2. The van der Waals surface area contributed by atoms with Crippen LogP contribution in [0.2, 0.25) is 0 Å². The normalized spacial score (nSPS) is 11.8. The smallest absolute Gasteiger partial charge is 0.326 e. The van der Waals surface area contributed by atoms with Gasteiger partial charge in [-0.25, -0.2) is 9.18 Å².